The molecule has 0 atom stereocenters. The van der Waals surface area contributed by atoms with E-state index in [-0.39, 0.29) is 22.5 Å². The van der Waals surface area contributed by atoms with Gasteiger partial charge < -0.3 is 4.90 Å². The topological polar surface area (TPSA) is 54.5 Å². The molecule has 0 heterocycles. The number of benzene rings is 2. The molecule has 0 aromatic heterocycles. The Morgan fingerprint density at radius 1 is 0.917 bits per heavy atom. The van der Waals surface area contributed by atoms with Gasteiger partial charge in [0.15, 0.2) is 11.6 Å². The Balaban J connectivity index is 2.03. The van der Waals surface area contributed by atoms with Gasteiger partial charge in [-0.15, -0.1) is 0 Å². The van der Waals surface area contributed by atoms with Gasteiger partial charge in [-0.05, 0) is 31.2 Å². The first-order valence-corrected chi connectivity index (χ1v) is 8.14. The molecule has 3 rings (SSSR count). The molecule has 1 amide bonds. The Labute approximate surface area is 147 Å². The van der Waals surface area contributed by atoms with Crippen LogP contribution in [-0.4, -0.2) is 24.5 Å². The van der Waals surface area contributed by atoms with Crippen molar-refractivity contribution in [3.8, 4) is 0 Å². The van der Waals surface area contributed by atoms with Crippen LogP contribution in [0.5, 0.6) is 0 Å². The normalized spacial score (nSPS) is 13.8. The number of likely N-dealkylation sites (N-methyl/N-ethyl adjacent to an activating group) is 1. The first-order valence-electron chi connectivity index (χ1n) is 7.34. The third-order valence-electron chi connectivity index (χ3n) is 4.09. The molecule has 0 saturated carbocycles. The monoisotopic (exact) mass is 383 g/mol. The second-order valence-corrected chi connectivity index (χ2v) is 6.46. The summed E-state index contributed by atoms with van der Waals surface area (Å²) >= 11 is 3.34. The van der Waals surface area contributed by atoms with Crippen LogP contribution in [0, 0.1) is 0 Å². The molecular weight excluding hydrogens is 370 g/mol. The zero-order valence-corrected chi connectivity index (χ0v) is 14.8. The number of fused-ring (bicyclic) bond motifs is 1. The van der Waals surface area contributed by atoms with Gasteiger partial charge in [0.25, 0.3) is 5.91 Å². The minimum atomic E-state index is -0.484. The van der Waals surface area contributed by atoms with Gasteiger partial charge in [0, 0.05) is 33.9 Å². The number of carbonyl (C=O) groups excluding carboxylic acids is 3. The van der Waals surface area contributed by atoms with E-state index in [9.17, 15) is 14.4 Å². The van der Waals surface area contributed by atoms with Crippen molar-refractivity contribution < 1.29 is 14.4 Å². The van der Waals surface area contributed by atoms with Crippen LogP contribution in [-0.2, 0) is 4.79 Å². The molecule has 0 fully saturated rings. The van der Waals surface area contributed by atoms with Crippen LogP contribution in [0.1, 0.15) is 27.6 Å². The zero-order chi connectivity index (χ0) is 17.4. The largest absolute Gasteiger partial charge is 0.311 e. The highest BCUT2D eigenvalue weighted by Crippen LogP contribution is 2.28. The lowest BCUT2D eigenvalue weighted by Gasteiger charge is -2.23. The molecule has 0 spiro atoms. The summed E-state index contributed by atoms with van der Waals surface area (Å²) in [6.07, 6.45) is 0. The van der Waals surface area contributed by atoms with Gasteiger partial charge in [-0.25, -0.2) is 0 Å². The van der Waals surface area contributed by atoms with Gasteiger partial charge in [-0.3, -0.25) is 14.4 Å². The lowest BCUT2D eigenvalue weighted by Crippen LogP contribution is -2.35. The van der Waals surface area contributed by atoms with Gasteiger partial charge in [0.1, 0.15) is 0 Å². The van der Waals surface area contributed by atoms with E-state index in [1.165, 1.54) is 11.8 Å². The second-order valence-electron chi connectivity index (χ2n) is 5.54. The van der Waals surface area contributed by atoms with Crippen LogP contribution in [0.2, 0.25) is 0 Å². The number of anilines is 1. The van der Waals surface area contributed by atoms with Crippen molar-refractivity contribution in [1.29, 1.82) is 0 Å². The minimum absolute atomic E-state index is 0.0656. The van der Waals surface area contributed by atoms with Crippen molar-refractivity contribution in [2.45, 2.75) is 6.92 Å². The summed E-state index contributed by atoms with van der Waals surface area (Å²) in [5.41, 5.74) is 1.39. The number of ketones is 2. The highest BCUT2D eigenvalue weighted by Gasteiger charge is 2.34. The van der Waals surface area contributed by atoms with Gasteiger partial charge in [-0.2, -0.15) is 0 Å². The van der Waals surface area contributed by atoms with Crippen molar-refractivity contribution >= 4 is 39.1 Å². The number of hydrogen-bond donors (Lipinski definition) is 0. The zero-order valence-electron chi connectivity index (χ0n) is 13.2. The van der Waals surface area contributed by atoms with Crippen LogP contribution >= 0.6 is 15.9 Å². The SMILES string of the molecule is CC1=C(C(=O)N(C)c2ccc(Br)cc2)C(=O)c2ccccc2C1=O. The van der Waals surface area contributed by atoms with Crippen LogP contribution < -0.4 is 4.90 Å². The number of carbonyl (C=O) groups is 3. The van der Waals surface area contributed by atoms with Crippen molar-refractivity contribution in [3.63, 3.8) is 0 Å². The average molecular weight is 384 g/mol. The fourth-order valence-corrected chi connectivity index (χ4v) is 2.97. The fraction of sp³-hybridized carbons (Fsp3) is 0.105. The maximum Gasteiger partial charge on any atom is 0.262 e. The Kier molecular flexibility index (Phi) is 4.20. The predicted molar refractivity (Wildman–Crippen MR) is 95.4 cm³/mol. The summed E-state index contributed by atoms with van der Waals surface area (Å²) in [6.45, 7) is 1.53. The van der Waals surface area contributed by atoms with E-state index < -0.39 is 11.7 Å². The summed E-state index contributed by atoms with van der Waals surface area (Å²) in [7, 11) is 1.59. The van der Waals surface area contributed by atoms with Gasteiger partial charge >= 0.3 is 0 Å². The first-order chi connectivity index (χ1) is 11.4. The summed E-state index contributed by atoms with van der Waals surface area (Å²) in [5, 5.41) is 0. The van der Waals surface area contributed by atoms with Gasteiger partial charge in [0.2, 0.25) is 0 Å². The summed E-state index contributed by atoms with van der Waals surface area (Å²) in [6, 6.07) is 13.7. The number of allylic oxidation sites excluding steroid dienone is 1. The average Bonchev–Trinajstić information content (AvgIpc) is 2.60. The van der Waals surface area contributed by atoms with Gasteiger partial charge in [0.05, 0.1) is 5.57 Å². The van der Waals surface area contributed by atoms with Crippen LogP contribution in [0.3, 0.4) is 0 Å². The summed E-state index contributed by atoms with van der Waals surface area (Å²) < 4.78 is 0.889. The number of halogens is 1. The standard InChI is InChI=1S/C19H14BrNO3/c1-11-16(18(23)15-6-4-3-5-14(15)17(11)22)19(24)21(2)13-9-7-12(20)8-10-13/h3-10H,1-2H3. The van der Waals surface area contributed by atoms with Crippen molar-refractivity contribution in [2.75, 3.05) is 11.9 Å². The van der Waals surface area contributed by atoms with Crippen molar-refractivity contribution in [2.24, 2.45) is 0 Å². The Hall–Kier alpha value is -2.53. The fourth-order valence-electron chi connectivity index (χ4n) is 2.71. The Bertz CT molecular complexity index is 897. The van der Waals surface area contributed by atoms with E-state index >= 15 is 0 Å². The van der Waals surface area contributed by atoms with Crippen molar-refractivity contribution in [1.82, 2.24) is 0 Å². The molecule has 0 saturated heterocycles. The molecule has 5 heteroatoms. The quantitative estimate of drug-likeness (QED) is 0.740. The third kappa shape index (κ3) is 2.61. The highest BCUT2D eigenvalue weighted by atomic mass is 79.9. The molecule has 0 unspecified atom stereocenters. The van der Waals surface area contributed by atoms with Crippen molar-refractivity contribution in [3.05, 3.63) is 75.3 Å². The first kappa shape index (κ1) is 16.3. The van der Waals surface area contributed by atoms with Gasteiger partial charge in [-0.1, -0.05) is 40.2 Å². The summed E-state index contributed by atoms with van der Waals surface area (Å²) in [4.78, 5) is 39.5. The number of rotatable bonds is 2. The Morgan fingerprint density at radius 3 is 2.04 bits per heavy atom. The highest BCUT2D eigenvalue weighted by molar-refractivity contribution is 9.10. The number of Topliss-reactive ketones (excluding diaryl/α,β-unsaturated/α-hetero) is 2. The van der Waals surface area contributed by atoms with E-state index in [1.807, 2.05) is 12.1 Å². The molecule has 24 heavy (non-hydrogen) atoms. The molecule has 4 nitrogen and oxygen atoms in total. The predicted octanol–water partition coefficient (Wildman–Crippen LogP) is 3.81. The summed E-state index contributed by atoms with van der Waals surface area (Å²) in [5.74, 6) is -1.17. The molecule has 1 aliphatic rings. The molecule has 0 N–H and O–H groups in total. The van der Waals surface area contributed by atoms with Crippen LogP contribution in [0.15, 0.2) is 64.1 Å². The number of hydrogen-bond acceptors (Lipinski definition) is 3. The molecule has 2 aromatic rings. The maximum absolute atomic E-state index is 12.8. The lowest BCUT2D eigenvalue weighted by atomic mass is 9.84. The smallest absolute Gasteiger partial charge is 0.262 e. The van der Waals surface area contributed by atoms with E-state index in [4.69, 9.17) is 0 Å². The minimum Gasteiger partial charge on any atom is -0.311 e. The lowest BCUT2D eigenvalue weighted by molar-refractivity contribution is -0.114. The molecule has 120 valence electrons. The second kappa shape index (κ2) is 6.17. The molecular formula is C19H14BrNO3. The Morgan fingerprint density at radius 2 is 1.46 bits per heavy atom. The van der Waals surface area contributed by atoms with E-state index in [1.54, 1.807) is 43.4 Å². The molecule has 2 aromatic carbocycles. The molecule has 1 aliphatic carbocycles. The number of nitrogens with zero attached hydrogens (tertiary/aromatic N) is 1. The van der Waals surface area contributed by atoms with Crippen LogP contribution in [0.4, 0.5) is 5.69 Å². The number of amides is 1. The van der Waals surface area contributed by atoms with E-state index in [2.05, 4.69) is 15.9 Å². The molecule has 0 aliphatic heterocycles. The van der Waals surface area contributed by atoms with Crippen LogP contribution in [0.25, 0.3) is 0 Å². The molecule has 0 bridgehead atoms. The third-order valence-corrected chi connectivity index (χ3v) is 4.62. The maximum atomic E-state index is 12.8. The van der Waals surface area contributed by atoms with E-state index in [0.717, 1.165) is 4.47 Å². The molecule has 0 radical (unpaired) electrons. The van der Waals surface area contributed by atoms with E-state index in [0.29, 0.717) is 11.3 Å².